The SMILES string of the molecule is CCc1ccc(CC)c(CNC(=O)CCCN(c2ccc3c(c2)OCCO3)S(C)(=O)=O)c1. The monoisotopic (exact) mass is 460 g/mol. The molecular formula is C24H32N2O5S. The van der Waals surface area contributed by atoms with Gasteiger partial charge in [0, 0.05) is 25.6 Å². The van der Waals surface area contributed by atoms with Crippen molar-refractivity contribution in [3.8, 4) is 11.5 Å². The highest BCUT2D eigenvalue weighted by Crippen LogP contribution is 2.34. The summed E-state index contributed by atoms with van der Waals surface area (Å²) in [5.41, 5.74) is 4.11. The third-order valence-corrected chi connectivity index (χ3v) is 6.71. The first kappa shape index (κ1) is 23.9. The number of anilines is 1. The minimum absolute atomic E-state index is 0.0930. The first-order chi connectivity index (χ1) is 15.3. The van der Waals surface area contributed by atoms with Gasteiger partial charge in [0.25, 0.3) is 0 Å². The van der Waals surface area contributed by atoms with Gasteiger partial charge in [0.15, 0.2) is 11.5 Å². The van der Waals surface area contributed by atoms with Gasteiger partial charge in [-0.1, -0.05) is 32.0 Å². The number of aryl methyl sites for hydroxylation is 2. The summed E-state index contributed by atoms with van der Waals surface area (Å²) in [6, 6.07) is 11.5. The average Bonchev–Trinajstić information content (AvgIpc) is 2.79. The van der Waals surface area contributed by atoms with E-state index in [4.69, 9.17) is 9.47 Å². The van der Waals surface area contributed by atoms with Crippen molar-refractivity contribution in [3.63, 3.8) is 0 Å². The van der Waals surface area contributed by atoms with E-state index in [2.05, 4.69) is 37.4 Å². The number of amides is 1. The molecule has 0 aromatic heterocycles. The summed E-state index contributed by atoms with van der Waals surface area (Å²) in [6.45, 7) is 5.80. The average molecular weight is 461 g/mol. The number of sulfonamides is 1. The van der Waals surface area contributed by atoms with Crippen LogP contribution in [-0.2, 0) is 34.2 Å². The van der Waals surface area contributed by atoms with Crippen LogP contribution in [0.25, 0.3) is 0 Å². The quantitative estimate of drug-likeness (QED) is 0.587. The Morgan fingerprint density at radius 1 is 1.00 bits per heavy atom. The van der Waals surface area contributed by atoms with Crippen LogP contribution in [0.5, 0.6) is 11.5 Å². The van der Waals surface area contributed by atoms with E-state index in [0.717, 1.165) is 24.7 Å². The Hall–Kier alpha value is -2.74. The molecule has 1 aliphatic rings. The van der Waals surface area contributed by atoms with Crippen molar-refractivity contribution in [1.82, 2.24) is 5.32 Å². The molecule has 3 rings (SSSR count). The van der Waals surface area contributed by atoms with Crippen LogP contribution in [0, 0.1) is 0 Å². The Balaban J connectivity index is 1.58. The number of carbonyl (C=O) groups is 1. The number of benzene rings is 2. The van der Waals surface area contributed by atoms with E-state index < -0.39 is 10.0 Å². The first-order valence-electron chi connectivity index (χ1n) is 11.1. The molecule has 0 bridgehead atoms. The number of ether oxygens (including phenoxy) is 2. The fraction of sp³-hybridized carbons (Fsp3) is 0.458. The molecule has 1 N–H and O–H groups in total. The molecule has 0 atom stereocenters. The maximum absolute atomic E-state index is 12.4. The summed E-state index contributed by atoms with van der Waals surface area (Å²) in [4.78, 5) is 12.4. The van der Waals surface area contributed by atoms with Crippen molar-refractivity contribution in [1.29, 1.82) is 0 Å². The third-order valence-electron chi connectivity index (χ3n) is 5.51. The van der Waals surface area contributed by atoms with Crippen LogP contribution < -0.4 is 19.1 Å². The van der Waals surface area contributed by atoms with E-state index in [-0.39, 0.29) is 18.9 Å². The van der Waals surface area contributed by atoms with Crippen molar-refractivity contribution in [3.05, 3.63) is 53.1 Å². The van der Waals surface area contributed by atoms with E-state index in [1.807, 2.05) is 0 Å². The van der Waals surface area contributed by atoms with Crippen LogP contribution in [0.4, 0.5) is 5.69 Å². The van der Waals surface area contributed by atoms with Gasteiger partial charge in [0.2, 0.25) is 15.9 Å². The van der Waals surface area contributed by atoms with Gasteiger partial charge in [0.05, 0.1) is 11.9 Å². The van der Waals surface area contributed by atoms with Gasteiger partial charge in [-0.2, -0.15) is 0 Å². The minimum Gasteiger partial charge on any atom is -0.486 e. The predicted octanol–water partition coefficient (Wildman–Crippen LogP) is 3.45. The second-order valence-electron chi connectivity index (χ2n) is 7.85. The number of rotatable bonds is 10. The lowest BCUT2D eigenvalue weighted by molar-refractivity contribution is -0.121. The van der Waals surface area contributed by atoms with Gasteiger partial charge < -0.3 is 14.8 Å². The van der Waals surface area contributed by atoms with Crippen molar-refractivity contribution in [2.75, 3.05) is 30.3 Å². The molecule has 0 spiro atoms. The fourth-order valence-electron chi connectivity index (χ4n) is 3.75. The van der Waals surface area contributed by atoms with Gasteiger partial charge in [-0.05, 0) is 48.1 Å². The van der Waals surface area contributed by atoms with E-state index in [1.54, 1.807) is 18.2 Å². The zero-order chi connectivity index (χ0) is 23.1. The minimum atomic E-state index is -3.51. The Kier molecular flexibility index (Phi) is 8.01. The van der Waals surface area contributed by atoms with Gasteiger partial charge in [0.1, 0.15) is 13.2 Å². The van der Waals surface area contributed by atoms with Crippen LogP contribution in [0.2, 0.25) is 0 Å². The zero-order valence-electron chi connectivity index (χ0n) is 19.0. The maximum Gasteiger partial charge on any atom is 0.232 e. The number of carbonyl (C=O) groups excluding carboxylic acids is 1. The molecule has 32 heavy (non-hydrogen) atoms. The lowest BCUT2D eigenvalue weighted by atomic mass is 10.0. The second-order valence-corrected chi connectivity index (χ2v) is 9.76. The van der Waals surface area contributed by atoms with Crippen LogP contribution in [-0.4, -0.2) is 40.3 Å². The molecule has 174 valence electrons. The van der Waals surface area contributed by atoms with E-state index in [1.165, 1.54) is 15.4 Å². The number of nitrogens with zero attached hydrogens (tertiary/aromatic N) is 1. The Morgan fingerprint density at radius 3 is 2.44 bits per heavy atom. The zero-order valence-corrected chi connectivity index (χ0v) is 19.8. The molecule has 0 aliphatic carbocycles. The maximum atomic E-state index is 12.4. The highest BCUT2D eigenvalue weighted by Gasteiger charge is 2.21. The van der Waals surface area contributed by atoms with Gasteiger partial charge in [-0.15, -0.1) is 0 Å². The molecule has 1 amide bonds. The van der Waals surface area contributed by atoms with Crippen LogP contribution in [0.1, 0.15) is 43.4 Å². The standard InChI is InChI=1S/C24H32N2O5S/c1-4-18-8-9-19(5-2)20(15-18)17-25-24(27)7-6-12-26(32(3,28)29)21-10-11-22-23(16-21)31-14-13-30-22/h8-11,15-16H,4-7,12-14,17H2,1-3H3,(H,25,27). The molecular weight excluding hydrogens is 428 g/mol. The van der Waals surface area contributed by atoms with Gasteiger partial charge in [-0.25, -0.2) is 8.42 Å². The second kappa shape index (κ2) is 10.7. The first-order valence-corrected chi connectivity index (χ1v) is 12.9. The Bertz CT molecular complexity index is 1050. The fourth-order valence-corrected chi connectivity index (χ4v) is 4.70. The lowest BCUT2D eigenvalue weighted by Crippen LogP contribution is -2.32. The van der Waals surface area contributed by atoms with Crippen molar-refractivity contribution in [2.24, 2.45) is 0 Å². The summed E-state index contributed by atoms with van der Waals surface area (Å²) in [5.74, 6) is 1.04. The lowest BCUT2D eigenvalue weighted by Gasteiger charge is -2.25. The molecule has 0 unspecified atom stereocenters. The molecule has 0 radical (unpaired) electrons. The van der Waals surface area contributed by atoms with Crippen molar-refractivity contribution < 1.29 is 22.7 Å². The third kappa shape index (κ3) is 6.16. The van der Waals surface area contributed by atoms with E-state index in [9.17, 15) is 13.2 Å². The number of fused-ring (bicyclic) bond motifs is 1. The highest BCUT2D eigenvalue weighted by atomic mass is 32.2. The van der Waals surface area contributed by atoms with Gasteiger partial charge in [-0.3, -0.25) is 9.10 Å². The summed E-state index contributed by atoms with van der Waals surface area (Å²) in [5, 5.41) is 2.97. The smallest absolute Gasteiger partial charge is 0.232 e. The molecule has 2 aromatic carbocycles. The molecule has 1 heterocycles. The van der Waals surface area contributed by atoms with Crippen LogP contribution in [0.3, 0.4) is 0 Å². The largest absolute Gasteiger partial charge is 0.486 e. The molecule has 0 saturated heterocycles. The summed E-state index contributed by atoms with van der Waals surface area (Å²) >= 11 is 0. The molecule has 0 saturated carbocycles. The highest BCUT2D eigenvalue weighted by molar-refractivity contribution is 7.92. The molecule has 1 aliphatic heterocycles. The molecule has 7 nitrogen and oxygen atoms in total. The van der Waals surface area contributed by atoms with Crippen molar-refractivity contribution >= 4 is 21.6 Å². The predicted molar refractivity (Wildman–Crippen MR) is 126 cm³/mol. The normalized spacial score (nSPS) is 13.0. The van der Waals surface area contributed by atoms with E-state index >= 15 is 0 Å². The summed E-state index contributed by atoms with van der Waals surface area (Å²) < 4.78 is 37.1. The molecule has 0 fully saturated rings. The Morgan fingerprint density at radius 2 is 1.75 bits per heavy atom. The topological polar surface area (TPSA) is 84.9 Å². The molecule has 2 aromatic rings. The molecule has 8 heteroatoms. The Labute approximate surface area is 190 Å². The number of hydrogen-bond donors (Lipinski definition) is 1. The summed E-state index contributed by atoms with van der Waals surface area (Å²) in [6.07, 6.45) is 3.67. The van der Waals surface area contributed by atoms with Crippen LogP contribution in [0.15, 0.2) is 36.4 Å². The van der Waals surface area contributed by atoms with Gasteiger partial charge >= 0.3 is 0 Å². The van der Waals surface area contributed by atoms with Crippen molar-refractivity contribution in [2.45, 2.75) is 46.1 Å². The number of nitrogens with one attached hydrogen (secondary N) is 1. The number of hydrogen-bond acceptors (Lipinski definition) is 5. The van der Waals surface area contributed by atoms with Crippen LogP contribution >= 0.6 is 0 Å². The summed E-state index contributed by atoms with van der Waals surface area (Å²) in [7, 11) is -3.51. The van der Waals surface area contributed by atoms with E-state index in [0.29, 0.717) is 43.4 Å².